The second-order valence-corrected chi connectivity index (χ2v) is 6.22. The van der Waals surface area contributed by atoms with Crippen molar-refractivity contribution in [2.75, 3.05) is 12.4 Å². The Morgan fingerprint density at radius 2 is 2.00 bits per heavy atom. The Morgan fingerprint density at radius 1 is 1.26 bits per heavy atom. The third kappa shape index (κ3) is 3.07. The molecule has 0 radical (unpaired) electrons. The fourth-order valence-corrected chi connectivity index (χ4v) is 3.24. The lowest BCUT2D eigenvalue weighted by molar-refractivity contribution is 0.414. The van der Waals surface area contributed by atoms with Crippen molar-refractivity contribution in [2.45, 2.75) is 33.7 Å². The Balaban J connectivity index is 2.25. The van der Waals surface area contributed by atoms with Crippen LogP contribution in [0.15, 0.2) is 18.3 Å². The van der Waals surface area contributed by atoms with E-state index in [4.69, 9.17) is 4.74 Å². The Kier molecular flexibility index (Phi) is 4.10. The van der Waals surface area contributed by atoms with Crippen LogP contribution in [-0.4, -0.2) is 12.1 Å². The lowest BCUT2D eigenvalue weighted by atomic mass is 10.1. The van der Waals surface area contributed by atoms with Crippen molar-refractivity contribution in [3.8, 4) is 5.75 Å². The predicted molar refractivity (Wildman–Crippen MR) is 81.4 cm³/mol. The standard InChI is InChI=1S/C15H20N2OS/c1-9-6-14(15(18-5)8-16-9)17-11(3)13-7-10(2)19-12(13)4/h6-8,11H,1-5H3,(H,16,17). The van der Waals surface area contributed by atoms with E-state index < -0.39 is 0 Å². The molecule has 2 rings (SSSR count). The molecule has 0 saturated carbocycles. The van der Waals surface area contributed by atoms with Gasteiger partial charge in [-0.1, -0.05) is 0 Å². The van der Waals surface area contributed by atoms with Crippen LogP contribution in [0, 0.1) is 20.8 Å². The normalized spacial score (nSPS) is 12.3. The summed E-state index contributed by atoms with van der Waals surface area (Å²) in [5.74, 6) is 0.780. The largest absolute Gasteiger partial charge is 0.493 e. The third-order valence-electron chi connectivity index (χ3n) is 3.14. The molecule has 1 N–H and O–H groups in total. The highest BCUT2D eigenvalue weighted by Crippen LogP contribution is 2.31. The number of rotatable bonds is 4. The molecule has 2 aromatic heterocycles. The first kappa shape index (κ1) is 13.9. The fraction of sp³-hybridized carbons (Fsp3) is 0.400. The van der Waals surface area contributed by atoms with Crippen molar-refractivity contribution >= 4 is 17.0 Å². The molecule has 3 nitrogen and oxygen atoms in total. The highest BCUT2D eigenvalue weighted by atomic mass is 32.1. The van der Waals surface area contributed by atoms with Crippen molar-refractivity contribution < 1.29 is 4.74 Å². The summed E-state index contributed by atoms with van der Waals surface area (Å²) < 4.78 is 5.35. The molecule has 4 heteroatoms. The van der Waals surface area contributed by atoms with E-state index in [1.54, 1.807) is 13.3 Å². The average molecular weight is 276 g/mol. The van der Waals surface area contributed by atoms with Gasteiger partial charge in [0.15, 0.2) is 5.75 Å². The first-order valence-electron chi connectivity index (χ1n) is 6.35. The zero-order valence-corrected chi connectivity index (χ0v) is 12.9. The minimum atomic E-state index is 0.251. The monoisotopic (exact) mass is 276 g/mol. The lowest BCUT2D eigenvalue weighted by Crippen LogP contribution is -2.08. The predicted octanol–water partition coefficient (Wildman–Crippen LogP) is 4.25. The molecule has 0 aliphatic rings. The summed E-state index contributed by atoms with van der Waals surface area (Å²) in [6.45, 7) is 8.46. The van der Waals surface area contributed by atoms with Crippen molar-refractivity contribution in [1.29, 1.82) is 0 Å². The lowest BCUT2D eigenvalue weighted by Gasteiger charge is -2.18. The molecule has 0 aliphatic carbocycles. The van der Waals surface area contributed by atoms with Gasteiger partial charge in [0, 0.05) is 21.5 Å². The van der Waals surface area contributed by atoms with Gasteiger partial charge in [-0.25, -0.2) is 0 Å². The maximum Gasteiger partial charge on any atom is 0.160 e. The van der Waals surface area contributed by atoms with Crippen LogP contribution in [0.4, 0.5) is 5.69 Å². The van der Waals surface area contributed by atoms with E-state index in [-0.39, 0.29) is 6.04 Å². The highest BCUT2D eigenvalue weighted by Gasteiger charge is 2.13. The summed E-state index contributed by atoms with van der Waals surface area (Å²) in [6, 6.07) is 4.52. The van der Waals surface area contributed by atoms with E-state index in [2.05, 4.69) is 37.1 Å². The zero-order chi connectivity index (χ0) is 14.0. The van der Waals surface area contributed by atoms with E-state index in [9.17, 15) is 0 Å². The van der Waals surface area contributed by atoms with Crippen LogP contribution in [0.2, 0.25) is 0 Å². The summed E-state index contributed by atoms with van der Waals surface area (Å²) in [7, 11) is 1.67. The third-order valence-corrected chi connectivity index (χ3v) is 4.12. The van der Waals surface area contributed by atoms with Crippen molar-refractivity contribution in [3.63, 3.8) is 0 Å². The Labute approximate surface area is 118 Å². The Morgan fingerprint density at radius 3 is 2.58 bits per heavy atom. The van der Waals surface area contributed by atoms with Gasteiger partial charge in [-0.15, -0.1) is 11.3 Å². The summed E-state index contributed by atoms with van der Waals surface area (Å²) in [6.07, 6.45) is 1.76. The number of nitrogens with zero attached hydrogens (tertiary/aromatic N) is 1. The number of anilines is 1. The van der Waals surface area contributed by atoms with Gasteiger partial charge in [0.25, 0.3) is 0 Å². The van der Waals surface area contributed by atoms with E-state index >= 15 is 0 Å². The number of methoxy groups -OCH3 is 1. The molecule has 2 aromatic rings. The molecule has 0 aromatic carbocycles. The summed E-state index contributed by atoms with van der Waals surface area (Å²) in [5.41, 5.74) is 3.32. The first-order valence-corrected chi connectivity index (χ1v) is 7.17. The van der Waals surface area contributed by atoms with Crippen molar-refractivity contribution in [3.05, 3.63) is 39.3 Å². The smallest absolute Gasteiger partial charge is 0.160 e. The number of aryl methyl sites for hydroxylation is 3. The molecule has 0 aliphatic heterocycles. The molecular formula is C15H20N2OS. The van der Waals surface area contributed by atoms with Crippen LogP contribution in [-0.2, 0) is 0 Å². The van der Waals surface area contributed by atoms with E-state index in [0.29, 0.717) is 0 Å². The van der Waals surface area contributed by atoms with Gasteiger partial charge in [0.05, 0.1) is 19.0 Å². The van der Waals surface area contributed by atoms with E-state index in [0.717, 1.165) is 17.1 Å². The van der Waals surface area contributed by atoms with Crippen LogP contribution in [0.1, 0.15) is 34.0 Å². The molecule has 0 spiro atoms. The van der Waals surface area contributed by atoms with Crippen LogP contribution >= 0.6 is 11.3 Å². The number of hydrogen-bond donors (Lipinski definition) is 1. The molecule has 0 amide bonds. The van der Waals surface area contributed by atoms with Crippen LogP contribution in [0.3, 0.4) is 0 Å². The maximum atomic E-state index is 5.35. The molecule has 1 atom stereocenters. The molecule has 19 heavy (non-hydrogen) atoms. The number of nitrogens with one attached hydrogen (secondary N) is 1. The fourth-order valence-electron chi connectivity index (χ4n) is 2.21. The van der Waals surface area contributed by atoms with Gasteiger partial charge in [-0.2, -0.15) is 0 Å². The molecule has 2 heterocycles. The average Bonchev–Trinajstić information content (AvgIpc) is 2.69. The molecule has 0 saturated heterocycles. The molecule has 1 unspecified atom stereocenters. The van der Waals surface area contributed by atoms with E-state index in [1.807, 2.05) is 24.3 Å². The number of hydrogen-bond acceptors (Lipinski definition) is 4. The van der Waals surface area contributed by atoms with Gasteiger partial charge in [-0.3, -0.25) is 4.98 Å². The Bertz CT molecular complexity index is 578. The summed E-state index contributed by atoms with van der Waals surface area (Å²) in [5, 5.41) is 3.51. The second-order valence-electron chi connectivity index (χ2n) is 4.76. The van der Waals surface area contributed by atoms with Crippen LogP contribution in [0.5, 0.6) is 5.75 Å². The minimum absolute atomic E-state index is 0.251. The second kappa shape index (κ2) is 5.61. The molecule has 102 valence electrons. The molecule has 0 bridgehead atoms. The van der Waals surface area contributed by atoms with Crippen LogP contribution < -0.4 is 10.1 Å². The summed E-state index contributed by atoms with van der Waals surface area (Å²) in [4.78, 5) is 6.96. The van der Waals surface area contributed by atoms with Gasteiger partial charge in [-0.05, 0) is 45.4 Å². The number of ether oxygens (including phenoxy) is 1. The first-order chi connectivity index (χ1) is 9.01. The SMILES string of the molecule is COc1cnc(C)cc1NC(C)c1cc(C)sc1C. The van der Waals surface area contributed by atoms with Crippen LogP contribution in [0.25, 0.3) is 0 Å². The maximum absolute atomic E-state index is 5.35. The molecule has 0 fully saturated rings. The highest BCUT2D eigenvalue weighted by molar-refractivity contribution is 7.12. The summed E-state index contributed by atoms with van der Waals surface area (Å²) >= 11 is 1.84. The van der Waals surface area contributed by atoms with Crippen molar-refractivity contribution in [2.24, 2.45) is 0 Å². The number of pyridine rings is 1. The van der Waals surface area contributed by atoms with E-state index in [1.165, 1.54) is 15.3 Å². The van der Waals surface area contributed by atoms with Crippen molar-refractivity contribution in [1.82, 2.24) is 4.98 Å². The quantitative estimate of drug-likeness (QED) is 0.906. The van der Waals surface area contributed by atoms with Gasteiger partial charge in [0.2, 0.25) is 0 Å². The molecular weight excluding hydrogens is 256 g/mol. The van der Waals surface area contributed by atoms with Gasteiger partial charge in [0.1, 0.15) is 0 Å². The zero-order valence-electron chi connectivity index (χ0n) is 12.1. The number of aromatic nitrogens is 1. The Hall–Kier alpha value is -1.55. The topological polar surface area (TPSA) is 34.1 Å². The van der Waals surface area contributed by atoms with Gasteiger partial charge < -0.3 is 10.1 Å². The number of thiophene rings is 1. The van der Waals surface area contributed by atoms with Gasteiger partial charge >= 0.3 is 0 Å². The minimum Gasteiger partial charge on any atom is -0.493 e.